The quantitative estimate of drug-likeness (QED) is 0.391. The Bertz CT molecular complexity index is 1470. The molecule has 0 unspecified atom stereocenters. The number of nitrogens with zero attached hydrogens (tertiary/aromatic N) is 3. The Morgan fingerprint density at radius 1 is 1.06 bits per heavy atom. The fourth-order valence-electron chi connectivity index (χ4n) is 3.77. The minimum Gasteiger partial charge on any atom is -0.497 e. The van der Waals surface area contributed by atoms with Crippen LogP contribution in [0.4, 0.5) is 10.8 Å². The Balaban J connectivity index is 1.35. The van der Waals surface area contributed by atoms with Crippen molar-refractivity contribution in [1.82, 2.24) is 10.2 Å². The number of carbonyl (C=O) groups is 1. The fraction of sp³-hybridized carbons (Fsp3) is 0.160. The largest absolute Gasteiger partial charge is 0.497 e. The van der Waals surface area contributed by atoms with E-state index in [4.69, 9.17) is 9.47 Å². The number of sulfonamides is 1. The van der Waals surface area contributed by atoms with Gasteiger partial charge in [-0.3, -0.25) is 14.4 Å². The third-order valence-corrected chi connectivity index (χ3v) is 8.15. The highest BCUT2D eigenvalue weighted by atomic mass is 32.2. The van der Waals surface area contributed by atoms with Gasteiger partial charge in [-0.1, -0.05) is 53.8 Å². The van der Waals surface area contributed by atoms with Gasteiger partial charge < -0.3 is 9.47 Å². The predicted molar refractivity (Wildman–Crippen MR) is 138 cm³/mol. The van der Waals surface area contributed by atoms with Crippen LogP contribution < -0.4 is 19.1 Å². The van der Waals surface area contributed by atoms with Crippen molar-refractivity contribution in [2.24, 2.45) is 0 Å². The molecule has 11 heteroatoms. The third kappa shape index (κ3) is 5.02. The topological polar surface area (TPSA) is 111 Å². The minimum atomic E-state index is -3.79. The van der Waals surface area contributed by atoms with Gasteiger partial charge in [0.15, 0.2) is 6.10 Å². The molecule has 0 radical (unpaired) electrons. The summed E-state index contributed by atoms with van der Waals surface area (Å²) in [4.78, 5) is 13.1. The van der Waals surface area contributed by atoms with E-state index in [1.807, 2.05) is 30.3 Å². The number of aromatic nitrogens is 2. The van der Waals surface area contributed by atoms with Crippen molar-refractivity contribution < 1.29 is 22.7 Å². The molecule has 3 aromatic carbocycles. The van der Waals surface area contributed by atoms with Crippen LogP contribution in [0.2, 0.25) is 0 Å². The van der Waals surface area contributed by atoms with E-state index in [1.54, 1.807) is 55.6 Å². The van der Waals surface area contributed by atoms with Crippen molar-refractivity contribution in [3.05, 3.63) is 84.4 Å². The molecule has 1 amide bonds. The molecule has 36 heavy (non-hydrogen) atoms. The average molecular weight is 523 g/mol. The molecule has 0 saturated carbocycles. The number of ether oxygens (including phenoxy) is 2. The summed E-state index contributed by atoms with van der Waals surface area (Å²) in [7, 11) is -2.20. The number of para-hydroxylation sites is 2. The number of methoxy groups -OCH3 is 1. The number of amides is 1. The molecular weight excluding hydrogens is 500 g/mol. The molecule has 0 bridgehead atoms. The maximum absolute atomic E-state index is 13.4. The highest BCUT2D eigenvalue weighted by molar-refractivity contribution is 7.92. The zero-order valence-corrected chi connectivity index (χ0v) is 20.8. The van der Waals surface area contributed by atoms with Crippen molar-refractivity contribution in [2.45, 2.75) is 11.9 Å². The van der Waals surface area contributed by atoms with Crippen LogP contribution in [0.5, 0.6) is 11.5 Å². The van der Waals surface area contributed by atoms with Crippen molar-refractivity contribution in [3.8, 4) is 22.1 Å². The standard InChI is InChI=1S/C25H22N4O5S2/c1-33-19-13-11-18(12-14-19)24-27-28-25(35-24)26-23(30)22-15-29(20-9-5-6-10-21(20)34-22)36(31,32)16-17-7-3-2-4-8-17/h2-14,22H,15-16H2,1H3,(H,26,28,30)/t22-/m1/s1. The summed E-state index contributed by atoms with van der Waals surface area (Å²) in [5, 5.41) is 11.8. The molecular formula is C25H22N4O5S2. The second kappa shape index (κ2) is 9.96. The lowest BCUT2D eigenvalue weighted by molar-refractivity contribution is -0.122. The van der Waals surface area contributed by atoms with Crippen LogP contribution in [0.15, 0.2) is 78.9 Å². The third-order valence-electron chi connectivity index (χ3n) is 5.55. The molecule has 0 aliphatic carbocycles. The summed E-state index contributed by atoms with van der Waals surface area (Å²) in [5.41, 5.74) is 1.88. The summed E-state index contributed by atoms with van der Waals surface area (Å²) >= 11 is 1.20. The maximum atomic E-state index is 13.4. The van der Waals surface area contributed by atoms with E-state index in [0.717, 1.165) is 11.3 Å². The highest BCUT2D eigenvalue weighted by Gasteiger charge is 2.37. The van der Waals surface area contributed by atoms with Gasteiger partial charge in [-0.05, 0) is 42.0 Å². The van der Waals surface area contributed by atoms with E-state index >= 15 is 0 Å². The molecule has 9 nitrogen and oxygen atoms in total. The van der Waals surface area contributed by atoms with Crippen LogP contribution >= 0.6 is 11.3 Å². The summed E-state index contributed by atoms with van der Waals surface area (Å²) in [6.45, 7) is -0.165. The molecule has 1 atom stereocenters. The summed E-state index contributed by atoms with van der Waals surface area (Å²) in [6.07, 6.45) is -1.07. The van der Waals surface area contributed by atoms with E-state index in [0.29, 0.717) is 22.0 Å². The Morgan fingerprint density at radius 3 is 2.53 bits per heavy atom. The summed E-state index contributed by atoms with van der Waals surface area (Å²) in [5.74, 6) is 0.329. The molecule has 1 aliphatic heterocycles. The predicted octanol–water partition coefficient (Wildman–Crippen LogP) is 3.95. The lowest BCUT2D eigenvalue weighted by atomic mass is 10.2. The first-order valence-corrected chi connectivity index (χ1v) is 13.4. The molecule has 1 N–H and O–H groups in total. The van der Waals surface area contributed by atoms with Gasteiger partial charge in [-0.25, -0.2) is 8.42 Å². The lowest BCUT2D eigenvalue weighted by Gasteiger charge is -2.34. The Morgan fingerprint density at radius 2 is 1.78 bits per heavy atom. The molecule has 184 valence electrons. The monoisotopic (exact) mass is 522 g/mol. The van der Waals surface area contributed by atoms with Gasteiger partial charge in [0.25, 0.3) is 5.91 Å². The van der Waals surface area contributed by atoms with Gasteiger partial charge in [0.2, 0.25) is 15.2 Å². The van der Waals surface area contributed by atoms with Crippen molar-refractivity contribution in [1.29, 1.82) is 0 Å². The van der Waals surface area contributed by atoms with Crippen LogP contribution in [0.25, 0.3) is 10.6 Å². The molecule has 2 heterocycles. The number of hydrogen-bond acceptors (Lipinski definition) is 8. The Hall–Kier alpha value is -3.96. The number of hydrogen-bond donors (Lipinski definition) is 1. The second-order valence-electron chi connectivity index (χ2n) is 7.98. The molecule has 1 aliphatic rings. The molecule has 1 aromatic heterocycles. The number of benzene rings is 3. The van der Waals surface area contributed by atoms with Gasteiger partial charge in [-0.15, -0.1) is 10.2 Å². The first kappa shape index (κ1) is 23.8. The summed E-state index contributed by atoms with van der Waals surface area (Å²) in [6, 6.07) is 23.0. The van der Waals surface area contributed by atoms with Crippen molar-refractivity contribution in [2.75, 3.05) is 23.3 Å². The highest BCUT2D eigenvalue weighted by Crippen LogP contribution is 2.36. The van der Waals surface area contributed by atoms with Crippen LogP contribution in [0, 0.1) is 0 Å². The van der Waals surface area contributed by atoms with Crippen molar-refractivity contribution in [3.63, 3.8) is 0 Å². The SMILES string of the molecule is COc1ccc(-c2nnc(NC(=O)[C@H]3CN(S(=O)(=O)Cc4ccccc4)c4ccccc4O3)s2)cc1. The van der Waals surface area contributed by atoms with Gasteiger partial charge in [0, 0.05) is 5.56 Å². The maximum Gasteiger partial charge on any atom is 0.269 e. The normalized spacial score (nSPS) is 15.0. The number of nitrogens with one attached hydrogen (secondary N) is 1. The first-order chi connectivity index (χ1) is 17.4. The second-order valence-corrected chi connectivity index (χ2v) is 10.8. The van der Waals surface area contributed by atoms with E-state index in [1.165, 1.54) is 15.6 Å². The Labute approximate surface area is 212 Å². The molecule has 0 spiro atoms. The number of anilines is 2. The average Bonchev–Trinajstić information content (AvgIpc) is 3.36. The van der Waals surface area contributed by atoms with Gasteiger partial charge in [0.1, 0.15) is 16.5 Å². The van der Waals surface area contributed by atoms with Crippen molar-refractivity contribution >= 4 is 38.1 Å². The minimum absolute atomic E-state index is 0.165. The van der Waals surface area contributed by atoms with Crippen LogP contribution in [0.1, 0.15) is 5.56 Å². The summed E-state index contributed by atoms with van der Waals surface area (Å²) < 4.78 is 39.0. The molecule has 0 fully saturated rings. The molecule has 0 saturated heterocycles. The van der Waals surface area contributed by atoms with E-state index in [-0.39, 0.29) is 17.4 Å². The van der Waals surface area contributed by atoms with Gasteiger partial charge in [0.05, 0.1) is 25.1 Å². The number of fused-ring (bicyclic) bond motifs is 1. The van der Waals surface area contributed by atoms with E-state index in [9.17, 15) is 13.2 Å². The van der Waals surface area contributed by atoms with Gasteiger partial charge >= 0.3 is 0 Å². The Kier molecular flexibility index (Phi) is 6.57. The van der Waals surface area contributed by atoms with Crippen LogP contribution in [0.3, 0.4) is 0 Å². The lowest BCUT2D eigenvalue weighted by Crippen LogP contribution is -2.49. The first-order valence-electron chi connectivity index (χ1n) is 11.0. The number of carbonyl (C=O) groups excluding carboxylic acids is 1. The van der Waals surface area contributed by atoms with E-state index < -0.39 is 22.0 Å². The zero-order valence-electron chi connectivity index (χ0n) is 19.2. The van der Waals surface area contributed by atoms with E-state index in [2.05, 4.69) is 15.5 Å². The number of rotatable bonds is 7. The molecule has 5 rings (SSSR count). The molecule has 4 aromatic rings. The fourth-order valence-corrected chi connectivity index (χ4v) is 6.11. The van der Waals surface area contributed by atoms with Crippen LogP contribution in [-0.2, 0) is 20.6 Å². The smallest absolute Gasteiger partial charge is 0.269 e. The van der Waals surface area contributed by atoms with Gasteiger partial charge in [-0.2, -0.15) is 0 Å². The van der Waals surface area contributed by atoms with Crippen LogP contribution in [-0.4, -0.2) is 44.3 Å². The zero-order chi connectivity index (χ0) is 25.1.